The van der Waals surface area contributed by atoms with Crippen molar-refractivity contribution in [2.45, 2.75) is 13.1 Å². The van der Waals surface area contributed by atoms with Crippen molar-refractivity contribution in [1.82, 2.24) is 9.88 Å². The highest BCUT2D eigenvalue weighted by Crippen LogP contribution is 2.38. The van der Waals surface area contributed by atoms with E-state index in [4.69, 9.17) is 31.2 Å². The zero-order valence-corrected chi connectivity index (χ0v) is 19.4. The van der Waals surface area contributed by atoms with Crippen molar-refractivity contribution in [1.29, 1.82) is 0 Å². The third-order valence-corrected chi connectivity index (χ3v) is 5.16. The molecule has 2 aromatic carbocycles. The Balaban J connectivity index is 1.89. The number of thiocarbonyl (C=S) groups is 1. The number of methoxy groups -OCH3 is 4. The standard InChI is InChI=1S/C24H27N3O4S/c1-28-20-9-5-8-19(13-20)26-24(32)27(15-17-7-6-10-25-14-17)16-18-11-21(29-2)23(31-4)22(12-18)30-3/h5-14H,15-16H2,1-4H3,(H,26,32). The molecule has 0 unspecified atom stereocenters. The third kappa shape index (κ3) is 5.79. The summed E-state index contributed by atoms with van der Waals surface area (Å²) >= 11 is 5.77. The summed E-state index contributed by atoms with van der Waals surface area (Å²) in [7, 11) is 6.42. The molecule has 32 heavy (non-hydrogen) atoms. The minimum absolute atomic E-state index is 0.515. The van der Waals surface area contributed by atoms with Gasteiger partial charge in [0, 0.05) is 37.2 Å². The molecular formula is C24H27N3O4S. The summed E-state index contributed by atoms with van der Waals surface area (Å²) in [6, 6.07) is 15.4. The van der Waals surface area contributed by atoms with Gasteiger partial charge in [-0.25, -0.2) is 0 Å². The lowest BCUT2D eigenvalue weighted by Gasteiger charge is -2.27. The van der Waals surface area contributed by atoms with E-state index in [0.717, 1.165) is 22.6 Å². The Morgan fingerprint density at radius 3 is 2.19 bits per heavy atom. The van der Waals surface area contributed by atoms with Crippen molar-refractivity contribution in [3.05, 3.63) is 72.1 Å². The molecule has 3 rings (SSSR count). The first kappa shape index (κ1) is 23.1. The molecule has 0 saturated heterocycles. The molecule has 1 N–H and O–H groups in total. The van der Waals surface area contributed by atoms with Crippen LogP contribution in [0.4, 0.5) is 5.69 Å². The molecule has 3 aromatic rings. The number of hydrogen-bond donors (Lipinski definition) is 1. The Bertz CT molecular complexity index is 1020. The average molecular weight is 454 g/mol. The Kier molecular flexibility index (Phi) is 8.10. The van der Waals surface area contributed by atoms with Gasteiger partial charge in [0.05, 0.1) is 28.4 Å². The fourth-order valence-electron chi connectivity index (χ4n) is 3.26. The van der Waals surface area contributed by atoms with Crippen LogP contribution in [0, 0.1) is 0 Å². The van der Waals surface area contributed by atoms with Gasteiger partial charge in [-0.3, -0.25) is 4.98 Å². The average Bonchev–Trinajstić information content (AvgIpc) is 2.83. The topological polar surface area (TPSA) is 65.1 Å². The van der Waals surface area contributed by atoms with Gasteiger partial charge in [-0.05, 0) is 53.7 Å². The van der Waals surface area contributed by atoms with Crippen LogP contribution in [0.25, 0.3) is 0 Å². The maximum absolute atomic E-state index is 5.77. The number of rotatable bonds is 9. The Labute approximate surface area is 193 Å². The third-order valence-electron chi connectivity index (χ3n) is 4.80. The highest BCUT2D eigenvalue weighted by Gasteiger charge is 2.17. The zero-order chi connectivity index (χ0) is 22.9. The van der Waals surface area contributed by atoms with Gasteiger partial charge in [0.1, 0.15) is 5.75 Å². The number of aromatic nitrogens is 1. The molecule has 0 radical (unpaired) electrons. The fraction of sp³-hybridized carbons (Fsp3) is 0.250. The van der Waals surface area contributed by atoms with Gasteiger partial charge in [-0.2, -0.15) is 0 Å². The molecule has 8 heteroatoms. The zero-order valence-electron chi connectivity index (χ0n) is 18.6. The van der Waals surface area contributed by atoms with E-state index in [1.165, 1.54) is 0 Å². The normalized spacial score (nSPS) is 10.2. The molecule has 0 amide bonds. The second-order valence-corrected chi connectivity index (χ2v) is 7.30. The van der Waals surface area contributed by atoms with Crippen LogP contribution in [0.5, 0.6) is 23.0 Å². The second-order valence-electron chi connectivity index (χ2n) is 6.91. The number of benzene rings is 2. The summed E-state index contributed by atoms with van der Waals surface area (Å²) in [5, 5.41) is 3.87. The van der Waals surface area contributed by atoms with E-state index in [-0.39, 0.29) is 0 Å². The van der Waals surface area contributed by atoms with Gasteiger partial charge in [0.25, 0.3) is 0 Å². The van der Waals surface area contributed by atoms with E-state index >= 15 is 0 Å². The smallest absolute Gasteiger partial charge is 0.203 e. The monoisotopic (exact) mass is 453 g/mol. The van der Waals surface area contributed by atoms with Crippen LogP contribution in [0.3, 0.4) is 0 Å². The number of nitrogens with zero attached hydrogens (tertiary/aromatic N) is 2. The van der Waals surface area contributed by atoms with E-state index in [2.05, 4.69) is 10.3 Å². The largest absolute Gasteiger partial charge is 0.497 e. The van der Waals surface area contributed by atoms with Crippen LogP contribution in [0.1, 0.15) is 11.1 Å². The summed E-state index contributed by atoms with van der Waals surface area (Å²) in [5.41, 5.74) is 2.84. The minimum atomic E-state index is 0.515. The van der Waals surface area contributed by atoms with E-state index in [1.54, 1.807) is 34.6 Å². The molecule has 0 atom stereocenters. The van der Waals surface area contributed by atoms with E-state index in [9.17, 15) is 0 Å². The lowest BCUT2D eigenvalue weighted by Crippen LogP contribution is -2.33. The molecule has 0 bridgehead atoms. The fourth-order valence-corrected chi connectivity index (χ4v) is 3.51. The van der Waals surface area contributed by atoms with Crippen molar-refractivity contribution >= 4 is 23.0 Å². The number of anilines is 1. The van der Waals surface area contributed by atoms with Gasteiger partial charge >= 0.3 is 0 Å². The van der Waals surface area contributed by atoms with Gasteiger partial charge in [0.15, 0.2) is 16.6 Å². The van der Waals surface area contributed by atoms with E-state index < -0.39 is 0 Å². The number of ether oxygens (including phenoxy) is 4. The number of nitrogens with one attached hydrogen (secondary N) is 1. The van der Waals surface area contributed by atoms with Gasteiger partial charge in [0.2, 0.25) is 5.75 Å². The second kappa shape index (κ2) is 11.2. The van der Waals surface area contributed by atoms with Crippen molar-refractivity contribution in [3.8, 4) is 23.0 Å². The first-order valence-corrected chi connectivity index (χ1v) is 10.4. The highest BCUT2D eigenvalue weighted by molar-refractivity contribution is 7.80. The van der Waals surface area contributed by atoms with Crippen molar-refractivity contribution in [2.75, 3.05) is 33.8 Å². The predicted octanol–water partition coefficient (Wildman–Crippen LogP) is 4.52. The van der Waals surface area contributed by atoms with Gasteiger partial charge < -0.3 is 29.2 Å². The van der Waals surface area contributed by atoms with Crippen molar-refractivity contribution < 1.29 is 18.9 Å². The molecule has 1 heterocycles. The minimum Gasteiger partial charge on any atom is -0.497 e. The summed E-state index contributed by atoms with van der Waals surface area (Å²) in [6.07, 6.45) is 3.58. The van der Waals surface area contributed by atoms with Crippen LogP contribution in [-0.2, 0) is 13.1 Å². The highest BCUT2D eigenvalue weighted by atomic mass is 32.1. The molecule has 0 fully saturated rings. The van der Waals surface area contributed by atoms with E-state index in [0.29, 0.717) is 35.5 Å². The molecule has 168 valence electrons. The lowest BCUT2D eigenvalue weighted by atomic mass is 10.1. The van der Waals surface area contributed by atoms with Crippen LogP contribution in [0.2, 0.25) is 0 Å². The van der Waals surface area contributed by atoms with Crippen LogP contribution in [-0.4, -0.2) is 43.4 Å². The molecule has 1 aromatic heterocycles. The Morgan fingerprint density at radius 1 is 0.875 bits per heavy atom. The van der Waals surface area contributed by atoms with Crippen molar-refractivity contribution in [2.24, 2.45) is 0 Å². The summed E-state index contributed by atoms with van der Waals surface area (Å²) in [4.78, 5) is 6.27. The Hall–Kier alpha value is -3.52. The maximum Gasteiger partial charge on any atom is 0.203 e. The maximum atomic E-state index is 5.77. The molecule has 0 spiro atoms. The molecule has 0 aliphatic carbocycles. The number of pyridine rings is 1. The molecular weight excluding hydrogens is 426 g/mol. The van der Waals surface area contributed by atoms with Crippen molar-refractivity contribution in [3.63, 3.8) is 0 Å². The summed E-state index contributed by atoms with van der Waals surface area (Å²) in [6.45, 7) is 1.09. The molecule has 0 aliphatic rings. The lowest BCUT2D eigenvalue weighted by molar-refractivity contribution is 0.322. The van der Waals surface area contributed by atoms with Crippen LogP contribution in [0.15, 0.2) is 60.9 Å². The van der Waals surface area contributed by atoms with Crippen LogP contribution >= 0.6 is 12.2 Å². The van der Waals surface area contributed by atoms with E-state index in [1.807, 2.05) is 59.6 Å². The quantitative estimate of drug-likeness (QED) is 0.475. The first-order valence-electron chi connectivity index (χ1n) is 9.95. The number of hydrogen-bond acceptors (Lipinski definition) is 6. The Morgan fingerprint density at radius 2 is 1.59 bits per heavy atom. The predicted molar refractivity (Wildman–Crippen MR) is 129 cm³/mol. The summed E-state index contributed by atoms with van der Waals surface area (Å²) in [5.74, 6) is 2.49. The van der Waals surface area contributed by atoms with Crippen LogP contribution < -0.4 is 24.3 Å². The van der Waals surface area contributed by atoms with Gasteiger partial charge in [-0.15, -0.1) is 0 Å². The molecule has 7 nitrogen and oxygen atoms in total. The molecule has 0 saturated carbocycles. The summed E-state index contributed by atoms with van der Waals surface area (Å²) < 4.78 is 21.8. The molecule has 0 aliphatic heterocycles. The van der Waals surface area contributed by atoms with Gasteiger partial charge in [-0.1, -0.05) is 12.1 Å². The SMILES string of the molecule is COc1cccc(NC(=S)N(Cc2cccnc2)Cc2cc(OC)c(OC)c(OC)c2)c1. The first-order chi connectivity index (χ1) is 15.6.